The molecule has 1 aliphatic rings. The molecule has 1 amide bonds. The van der Waals surface area contributed by atoms with E-state index in [-0.39, 0.29) is 22.8 Å². The summed E-state index contributed by atoms with van der Waals surface area (Å²) in [5, 5.41) is 2.41. The van der Waals surface area contributed by atoms with Crippen molar-refractivity contribution in [1.82, 2.24) is 5.32 Å². The number of hydrogen-bond donors (Lipinski definition) is 2. The smallest absolute Gasteiger partial charge is 0.304 e. The van der Waals surface area contributed by atoms with Gasteiger partial charge in [-0.3, -0.25) is 9.59 Å². The lowest BCUT2D eigenvalue weighted by molar-refractivity contribution is -0.170. The second-order valence-corrected chi connectivity index (χ2v) is 11.2. The van der Waals surface area contributed by atoms with Crippen molar-refractivity contribution in [3.8, 4) is 0 Å². The molecule has 19 heavy (non-hydrogen) atoms. The van der Waals surface area contributed by atoms with E-state index in [4.69, 9.17) is 4.74 Å². The number of β-lactam (4-membered cyclic amide) rings is 1. The molecule has 0 bridgehead atoms. The predicted octanol–water partition coefficient (Wildman–Crippen LogP) is 1.63. The Morgan fingerprint density at radius 2 is 2.05 bits per heavy atom. The SMILES string of the molecule is CC(=O)O[C@H]1NC(=O)[C@@H]1[C@@H](C)CC(C)(C)[Si](C)(C)O. The molecular formula is C13H25NO4Si. The third-order valence-electron chi connectivity index (χ3n) is 4.31. The standard InChI is InChI=1S/C13H25NO4Si/c1-8(7-13(3,4)19(5,6)17)10-11(16)14-12(10)18-9(2)15/h8,10,12,17H,7H2,1-6H3,(H,14,16)/t8-,10-,12+/m0/s1. The second kappa shape index (κ2) is 5.24. The van der Waals surface area contributed by atoms with E-state index < -0.39 is 20.5 Å². The van der Waals surface area contributed by atoms with Crippen molar-refractivity contribution in [2.75, 3.05) is 0 Å². The Morgan fingerprint density at radius 1 is 1.53 bits per heavy atom. The largest absolute Gasteiger partial charge is 0.441 e. The van der Waals surface area contributed by atoms with Crippen LogP contribution < -0.4 is 5.32 Å². The van der Waals surface area contributed by atoms with Crippen molar-refractivity contribution in [2.24, 2.45) is 11.8 Å². The van der Waals surface area contributed by atoms with Crippen LogP contribution in [0, 0.1) is 11.8 Å². The lowest BCUT2D eigenvalue weighted by Crippen LogP contribution is -2.62. The first-order valence-corrected chi connectivity index (χ1v) is 9.60. The van der Waals surface area contributed by atoms with Gasteiger partial charge in [-0.15, -0.1) is 0 Å². The summed E-state index contributed by atoms with van der Waals surface area (Å²) in [6.45, 7) is 11.2. The molecule has 2 N–H and O–H groups in total. The number of carbonyl (C=O) groups is 2. The highest BCUT2D eigenvalue weighted by Crippen LogP contribution is 2.44. The number of amides is 1. The van der Waals surface area contributed by atoms with Crippen LogP contribution in [0.1, 0.15) is 34.1 Å². The highest BCUT2D eigenvalue weighted by Gasteiger charge is 2.48. The van der Waals surface area contributed by atoms with E-state index in [0.717, 1.165) is 6.42 Å². The van der Waals surface area contributed by atoms with Crippen LogP contribution in [0.3, 0.4) is 0 Å². The number of ether oxygens (including phenoxy) is 1. The molecule has 0 aromatic heterocycles. The summed E-state index contributed by atoms with van der Waals surface area (Å²) in [7, 11) is -2.30. The maximum atomic E-state index is 11.6. The van der Waals surface area contributed by atoms with Crippen molar-refractivity contribution >= 4 is 20.2 Å². The van der Waals surface area contributed by atoms with Gasteiger partial charge < -0.3 is 14.8 Å². The molecule has 0 aromatic rings. The average Bonchev–Trinajstić information content (AvgIpc) is 2.12. The van der Waals surface area contributed by atoms with Gasteiger partial charge in [0.15, 0.2) is 14.5 Å². The Labute approximate surface area is 115 Å². The molecular weight excluding hydrogens is 262 g/mol. The van der Waals surface area contributed by atoms with Gasteiger partial charge >= 0.3 is 5.97 Å². The van der Waals surface area contributed by atoms with Crippen LogP contribution in [0.2, 0.25) is 18.1 Å². The Kier molecular flexibility index (Phi) is 4.46. The number of esters is 1. The van der Waals surface area contributed by atoms with Gasteiger partial charge in [-0.1, -0.05) is 20.8 Å². The van der Waals surface area contributed by atoms with Crippen molar-refractivity contribution < 1.29 is 19.1 Å². The molecule has 5 nitrogen and oxygen atoms in total. The van der Waals surface area contributed by atoms with Gasteiger partial charge in [0, 0.05) is 6.92 Å². The first-order chi connectivity index (χ1) is 8.45. The Bertz CT molecular complexity index is 375. The zero-order valence-electron chi connectivity index (χ0n) is 12.6. The molecule has 1 heterocycles. The first-order valence-electron chi connectivity index (χ1n) is 6.65. The van der Waals surface area contributed by atoms with Crippen molar-refractivity contribution in [1.29, 1.82) is 0 Å². The third-order valence-corrected chi connectivity index (χ3v) is 7.82. The summed E-state index contributed by atoms with van der Waals surface area (Å²) in [6, 6.07) is 0. The zero-order chi connectivity index (χ0) is 15.0. The Hall–Kier alpha value is -0.883. The highest BCUT2D eigenvalue weighted by atomic mass is 28.4. The fraction of sp³-hybridized carbons (Fsp3) is 0.846. The van der Waals surface area contributed by atoms with E-state index in [1.54, 1.807) is 0 Å². The van der Waals surface area contributed by atoms with E-state index in [9.17, 15) is 14.4 Å². The van der Waals surface area contributed by atoms with E-state index >= 15 is 0 Å². The monoisotopic (exact) mass is 287 g/mol. The molecule has 1 fully saturated rings. The van der Waals surface area contributed by atoms with Gasteiger partial charge in [-0.05, 0) is 30.5 Å². The molecule has 0 radical (unpaired) electrons. The van der Waals surface area contributed by atoms with E-state index in [1.807, 2.05) is 33.9 Å². The molecule has 0 unspecified atom stereocenters. The number of carbonyl (C=O) groups excluding carboxylic acids is 2. The van der Waals surface area contributed by atoms with Crippen molar-refractivity contribution in [3.05, 3.63) is 0 Å². The zero-order valence-corrected chi connectivity index (χ0v) is 13.6. The second-order valence-electron chi connectivity index (χ2n) is 6.69. The molecule has 0 saturated carbocycles. The van der Waals surface area contributed by atoms with Gasteiger partial charge in [-0.25, -0.2) is 0 Å². The molecule has 6 heteroatoms. The van der Waals surface area contributed by atoms with Gasteiger partial charge in [0.25, 0.3) is 0 Å². The Morgan fingerprint density at radius 3 is 2.42 bits per heavy atom. The maximum absolute atomic E-state index is 11.6. The number of rotatable bonds is 5. The fourth-order valence-corrected chi connectivity index (χ4v) is 3.21. The van der Waals surface area contributed by atoms with Crippen molar-refractivity contribution in [2.45, 2.75) is 58.5 Å². The summed E-state index contributed by atoms with van der Waals surface area (Å²) in [5.41, 5.74) is 0. The molecule has 0 aliphatic carbocycles. The summed E-state index contributed by atoms with van der Waals surface area (Å²) < 4.78 is 5.07. The van der Waals surface area contributed by atoms with Gasteiger partial charge in [0.2, 0.25) is 5.91 Å². The highest BCUT2D eigenvalue weighted by molar-refractivity contribution is 6.72. The molecule has 3 atom stereocenters. The van der Waals surface area contributed by atoms with Crippen LogP contribution in [0.25, 0.3) is 0 Å². The molecule has 1 saturated heterocycles. The Balaban J connectivity index is 2.69. The van der Waals surface area contributed by atoms with Crippen LogP contribution in [0.5, 0.6) is 0 Å². The molecule has 110 valence electrons. The number of hydrogen-bond acceptors (Lipinski definition) is 4. The predicted molar refractivity (Wildman–Crippen MR) is 74.7 cm³/mol. The third kappa shape index (κ3) is 3.57. The fourth-order valence-electron chi connectivity index (χ4n) is 2.39. The first kappa shape index (κ1) is 16.2. The van der Waals surface area contributed by atoms with E-state index in [1.165, 1.54) is 6.92 Å². The van der Waals surface area contributed by atoms with Crippen LogP contribution in [0.4, 0.5) is 0 Å². The summed E-state index contributed by atoms with van der Waals surface area (Å²) in [6.07, 6.45) is 0.220. The minimum atomic E-state index is -2.30. The van der Waals surface area contributed by atoms with Crippen LogP contribution in [0.15, 0.2) is 0 Å². The minimum absolute atomic E-state index is 0.0621. The van der Waals surface area contributed by atoms with E-state index in [0.29, 0.717) is 0 Å². The number of nitrogens with one attached hydrogen (secondary N) is 1. The van der Waals surface area contributed by atoms with Gasteiger partial charge in [0.1, 0.15) is 0 Å². The minimum Gasteiger partial charge on any atom is -0.441 e. The lowest BCUT2D eigenvalue weighted by Gasteiger charge is -2.43. The molecule has 0 spiro atoms. The topological polar surface area (TPSA) is 75.6 Å². The van der Waals surface area contributed by atoms with Crippen LogP contribution in [-0.4, -0.2) is 31.2 Å². The van der Waals surface area contributed by atoms with E-state index in [2.05, 4.69) is 5.32 Å². The van der Waals surface area contributed by atoms with Crippen LogP contribution >= 0.6 is 0 Å². The average molecular weight is 287 g/mol. The normalized spacial score (nSPS) is 25.3. The lowest BCUT2D eigenvalue weighted by atomic mass is 9.80. The molecule has 0 aromatic carbocycles. The molecule has 1 aliphatic heterocycles. The van der Waals surface area contributed by atoms with Crippen molar-refractivity contribution in [3.63, 3.8) is 0 Å². The summed E-state index contributed by atoms with van der Waals surface area (Å²) in [4.78, 5) is 32.9. The summed E-state index contributed by atoms with van der Waals surface area (Å²) in [5.74, 6) is -0.711. The van der Waals surface area contributed by atoms with Crippen LogP contribution in [-0.2, 0) is 14.3 Å². The summed E-state index contributed by atoms with van der Waals surface area (Å²) >= 11 is 0. The quantitative estimate of drug-likeness (QED) is 0.458. The van der Waals surface area contributed by atoms with Gasteiger partial charge in [0.05, 0.1) is 5.92 Å². The molecule has 1 rings (SSSR count). The van der Waals surface area contributed by atoms with Gasteiger partial charge in [-0.2, -0.15) is 0 Å². The maximum Gasteiger partial charge on any atom is 0.304 e.